The van der Waals surface area contributed by atoms with Gasteiger partial charge in [0.25, 0.3) is 0 Å². The maximum absolute atomic E-state index is 4.47. The SMILES string of the molecule is CN(C)C1(CNc2nccc3c2ncn3C)CCCC1. The average molecular weight is 273 g/mol. The molecule has 0 saturated heterocycles. The maximum atomic E-state index is 4.47. The van der Waals surface area contributed by atoms with Crippen LogP contribution in [0, 0.1) is 0 Å². The molecule has 0 spiro atoms. The molecule has 0 unspecified atom stereocenters. The van der Waals surface area contributed by atoms with Crippen LogP contribution in [0.25, 0.3) is 11.0 Å². The Morgan fingerprint density at radius 2 is 2.05 bits per heavy atom. The summed E-state index contributed by atoms with van der Waals surface area (Å²) in [6.45, 7) is 0.933. The number of nitrogens with one attached hydrogen (secondary N) is 1. The number of hydrogen-bond acceptors (Lipinski definition) is 4. The van der Waals surface area contributed by atoms with E-state index in [2.05, 4.69) is 34.3 Å². The number of rotatable bonds is 4. The first kappa shape index (κ1) is 13.4. The van der Waals surface area contributed by atoms with E-state index >= 15 is 0 Å². The van der Waals surface area contributed by atoms with Crippen LogP contribution in [0.15, 0.2) is 18.6 Å². The van der Waals surface area contributed by atoms with Gasteiger partial charge < -0.3 is 14.8 Å². The highest BCUT2D eigenvalue weighted by molar-refractivity contribution is 5.85. The minimum absolute atomic E-state index is 0.263. The second kappa shape index (κ2) is 5.05. The molecule has 2 aromatic heterocycles. The van der Waals surface area contributed by atoms with Gasteiger partial charge in [0, 0.05) is 25.3 Å². The normalized spacial score (nSPS) is 18.0. The highest BCUT2D eigenvalue weighted by Gasteiger charge is 2.35. The zero-order chi connectivity index (χ0) is 14.2. The summed E-state index contributed by atoms with van der Waals surface area (Å²) in [5.74, 6) is 0.899. The van der Waals surface area contributed by atoms with Crippen molar-refractivity contribution in [1.82, 2.24) is 19.4 Å². The Bertz CT molecular complexity index is 595. The molecule has 108 valence electrons. The van der Waals surface area contributed by atoms with Crippen molar-refractivity contribution < 1.29 is 0 Å². The van der Waals surface area contributed by atoms with Crippen LogP contribution < -0.4 is 5.32 Å². The van der Waals surface area contributed by atoms with Crippen molar-refractivity contribution in [1.29, 1.82) is 0 Å². The molecule has 2 aromatic rings. The molecule has 0 bridgehead atoms. The third-order valence-corrected chi connectivity index (χ3v) is 4.71. The Morgan fingerprint density at radius 1 is 1.30 bits per heavy atom. The molecular formula is C15H23N5. The lowest BCUT2D eigenvalue weighted by molar-refractivity contribution is 0.172. The van der Waals surface area contributed by atoms with Gasteiger partial charge in [-0.2, -0.15) is 0 Å². The summed E-state index contributed by atoms with van der Waals surface area (Å²) < 4.78 is 2.03. The second-order valence-electron chi connectivity index (χ2n) is 6.06. The highest BCUT2D eigenvalue weighted by Crippen LogP contribution is 2.34. The summed E-state index contributed by atoms with van der Waals surface area (Å²) in [6.07, 6.45) is 8.84. The van der Waals surface area contributed by atoms with E-state index < -0.39 is 0 Å². The first-order chi connectivity index (χ1) is 9.62. The summed E-state index contributed by atoms with van der Waals surface area (Å²) >= 11 is 0. The van der Waals surface area contributed by atoms with E-state index in [0.717, 1.165) is 23.4 Å². The lowest BCUT2D eigenvalue weighted by atomic mass is 9.96. The molecule has 5 heteroatoms. The number of pyridine rings is 1. The van der Waals surface area contributed by atoms with Gasteiger partial charge in [-0.15, -0.1) is 0 Å². The Labute approximate surface area is 120 Å². The van der Waals surface area contributed by atoms with E-state index in [0.29, 0.717) is 0 Å². The Hall–Kier alpha value is -1.62. The standard InChI is InChI=1S/C15H23N5/c1-19(2)15(7-4-5-8-15)10-17-14-13-12(6-9-16-14)20(3)11-18-13/h6,9,11H,4-5,7-8,10H2,1-3H3,(H,16,17). The van der Waals surface area contributed by atoms with Crippen molar-refractivity contribution in [2.45, 2.75) is 31.2 Å². The van der Waals surface area contributed by atoms with Crippen molar-refractivity contribution in [2.24, 2.45) is 7.05 Å². The smallest absolute Gasteiger partial charge is 0.154 e. The van der Waals surface area contributed by atoms with Crippen molar-refractivity contribution >= 4 is 16.9 Å². The van der Waals surface area contributed by atoms with E-state index in [1.165, 1.54) is 25.7 Å². The van der Waals surface area contributed by atoms with Crippen LogP contribution in [0.5, 0.6) is 0 Å². The lowest BCUT2D eigenvalue weighted by Crippen LogP contribution is -2.47. The minimum Gasteiger partial charge on any atom is -0.366 e. The summed E-state index contributed by atoms with van der Waals surface area (Å²) in [5.41, 5.74) is 2.34. The van der Waals surface area contributed by atoms with Crippen LogP contribution in [0.4, 0.5) is 5.82 Å². The minimum atomic E-state index is 0.263. The van der Waals surface area contributed by atoms with E-state index in [1.54, 1.807) is 0 Å². The monoisotopic (exact) mass is 273 g/mol. The van der Waals surface area contributed by atoms with Gasteiger partial charge >= 0.3 is 0 Å². The van der Waals surface area contributed by atoms with Crippen LogP contribution in [0.1, 0.15) is 25.7 Å². The molecule has 20 heavy (non-hydrogen) atoms. The van der Waals surface area contributed by atoms with Gasteiger partial charge in [-0.1, -0.05) is 12.8 Å². The summed E-state index contributed by atoms with van der Waals surface area (Å²) in [5, 5.41) is 3.54. The molecule has 1 fully saturated rings. The molecule has 0 aliphatic heterocycles. The summed E-state index contributed by atoms with van der Waals surface area (Å²) in [6, 6.07) is 2.00. The van der Waals surface area contributed by atoms with Crippen molar-refractivity contribution in [3.05, 3.63) is 18.6 Å². The van der Waals surface area contributed by atoms with Crippen molar-refractivity contribution in [3.8, 4) is 0 Å². The van der Waals surface area contributed by atoms with Crippen molar-refractivity contribution in [2.75, 3.05) is 26.0 Å². The molecule has 1 aliphatic rings. The van der Waals surface area contributed by atoms with Crippen LogP contribution >= 0.6 is 0 Å². The summed E-state index contributed by atoms with van der Waals surface area (Å²) in [7, 11) is 6.38. The van der Waals surface area contributed by atoms with Gasteiger partial charge in [0.1, 0.15) is 5.52 Å². The molecule has 0 aromatic carbocycles. The van der Waals surface area contributed by atoms with E-state index in [-0.39, 0.29) is 5.54 Å². The Kier molecular flexibility index (Phi) is 3.38. The molecule has 5 nitrogen and oxygen atoms in total. The largest absolute Gasteiger partial charge is 0.366 e. The molecule has 0 atom stereocenters. The fourth-order valence-corrected chi connectivity index (χ4v) is 3.26. The molecule has 3 rings (SSSR count). The predicted octanol–water partition coefficient (Wildman–Crippen LogP) is 2.25. The quantitative estimate of drug-likeness (QED) is 0.928. The van der Waals surface area contributed by atoms with Gasteiger partial charge in [0.15, 0.2) is 5.82 Å². The molecule has 1 aliphatic carbocycles. The first-order valence-electron chi connectivity index (χ1n) is 7.30. The van der Waals surface area contributed by atoms with Gasteiger partial charge in [-0.3, -0.25) is 0 Å². The van der Waals surface area contributed by atoms with Gasteiger partial charge in [-0.25, -0.2) is 9.97 Å². The van der Waals surface area contributed by atoms with E-state index in [1.807, 2.05) is 30.2 Å². The summed E-state index contributed by atoms with van der Waals surface area (Å²) in [4.78, 5) is 11.3. The number of aromatic nitrogens is 3. The van der Waals surface area contributed by atoms with Crippen LogP contribution in [-0.2, 0) is 7.05 Å². The maximum Gasteiger partial charge on any atom is 0.154 e. The van der Waals surface area contributed by atoms with Gasteiger partial charge in [-0.05, 0) is 33.0 Å². The number of imidazole rings is 1. The number of anilines is 1. The molecular weight excluding hydrogens is 250 g/mol. The van der Waals surface area contributed by atoms with E-state index in [4.69, 9.17) is 0 Å². The lowest BCUT2D eigenvalue weighted by Gasteiger charge is -2.36. The first-order valence-corrected chi connectivity index (χ1v) is 7.30. The van der Waals surface area contributed by atoms with Crippen LogP contribution in [0.2, 0.25) is 0 Å². The fourth-order valence-electron chi connectivity index (χ4n) is 3.26. The highest BCUT2D eigenvalue weighted by atomic mass is 15.2. The van der Waals surface area contributed by atoms with Gasteiger partial charge in [0.2, 0.25) is 0 Å². The number of likely N-dealkylation sites (N-methyl/N-ethyl adjacent to an activating group) is 1. The third kappa shape index (κ3) is 2.16. The average Bonchev–Trinajstić information content (AvgIpc) is 3.05. The number of fused-ring (bicyclic) bond motifs is 1. The van der Waals surface area contributed by atoms with E-state index in [9.17, 15) is 0 Å². The predicted molar refractivity (Wildman–Crippen MR) is 81.9 cm³/mol. The molecule has 1 saturated carbocycles. The Balaban J connectivity index is 1.83. The van der Waals surface area contributed by atoms with Crippen molar-refractivity contribution in [3.63, 3.8) is 0 Å². The zero-order valence-corrected chi connectivity index (χ0v) is 12.6. The second-order valence-corrected chi connectivity index (χ2v) is 6.06. The molecule has 1 N–H and O–H groups in total. The Morgan fingerprint density at radius 3 is 2.75 bits per heavy atom. The fraction of sp³-hybridized carbons (Fsp3) is 0.600. The topological polar surface area (TPSA) is 46.0 Å². The zero-order valence-electron chi connectivity index (χ0n) is 12.6. The molecule has 2 heterocycles. The molecule has 0 radical (unpaired) electrons. The number of nitrogens with zero attached hydrogens (tertiary/aromatic N) is 4. The van der Waals surface area contributed by atoms with Gasteiger partial charge in [0.05, 0.1) is 11.8 Å². The number of aryl methyl sites for hydroxylation is 1. The van der Waals surface area contributed by atoms with Crippen LogP contribution in [-0.4, -0.2) is 45.6 Å². The third-order valence-electron chi connectivity index (χ3n) is 4.71. The molecule has 0 amide bonds. The number of hydrogen-bond donors (Lipinski definition) is 1. The van der Waals surface area contributed by atoms with Crippen LogP contribution in [0.3, 0.4) is 0 Å².